The molecule has 18 heavy (non-hydrogen) atoms. The third kappa shape index (κ3) is 1.96. The van der Waals surface area contributed by atoms with Crippen LogP contribution in [0.3, 0.4) is 0 Å². The van der Waals surface area contributed by atoms with Crippen molar-refractivity contribution < 1.29 is 4.79 Å². The first-order valence-electron chi connectivity index (χ1n) is 5.52. The van der Waals surface area contributed by atoms with Gasteiger partial charge >= 0.3 is 0 Å². The van der Waals surface area contributed by atoms with Crippen LogP contribution in [0.1, 0.15) is 15.9 Å². The predicted octanol–water partition coefficient (Wildman–Crippen LogP) is 4.22. The lowest BCUT2D eigenvalue weighted by Gasteiger charge is -2.03. The monoisotopic (exact) mass is 275 g/mol. The maximum Gasteiger partial charge on any atom is 0.152 e. The number of aromatic nitrogens is 1. The molecule has 0 N–H and O–H groups in total. The van der Waals surface area contributed by atoms with E-state index < -0.39 is 0 Å². The molecule has 0 aliphatic rings. The highest BCUT2D eigenvalue weighted by Gasteiger charge is 2.08. The number of carbonyl (C=O) groups excluding carboxylic acids is 1. The SMILES string of the molecule is O=Cc1cn(Cc2ccsc2)c2cc(Cl)ccc12. The average Bonchev–Trinajstić information content (AvgIpc) is 2.98. The van der Waals surface area contributed by atoms with E-state index in [1.807, 2.05) is 24.4 Å². The molecule has 0 saturated heterocycles. The summed E-state index contributed by atoms with van der Waals surface area (Å²) < 4.78 is 2.06. The fourth-order valence-corrected chi connectivity index (χ4v) is 2.92. The number of hydrogen-bond donors (Lipinski definition) is 0. The van der Waals surface area contributed by atoms with Crippen molar-refractivity contribution in [3.8, 4) is 0 Å². The van der Waals surface area contributed by atoms with E-state index in [9.17, 15) is 4.79 Å². The summed E-state index contributed by atoms with van der Waals surface area (Å²) in [7, 11) is 0. The number of carbonyl (C=O) groups is 1. The normalized spacial score (nSPS) is 10.9. The van der Waals surface area contributed by atoms with E-state index in [4.69, 9.17) is 11.6 Å². The van der Waals surface area contributed by atoms with Crippen molar-refractivity contribution in [3.05, 3.63) is 57.4 Å². The van der Waals surface area contributed by atoms with Gasteiger partial charge in [0.15, 0.2) is 6.29 Å². The summed E-state index contributed by atoms with van der Waals surface area (Å²) in [6.45, 7) is 0.758. The van der Waals surface area contributed by atoms with Gasteiger partial charge in [-0.2, -0.15) is 11.3 Å². The maximum absolute atomic E-state index is 11.1. The Morgan fingerprint density at radius 2 is 2.22 bits per heavy atom. The van der Waals surface area contributed by atoms with Crippen LogP contribution in [-0.4, -0.2) is 10.9 Å². The van der Waals surface area contributed by atoms with Crippen molar-refractivity contribution >= 4 is 40.1 Å². The second-order valence-electron chi connectivity index (χ2n) is 4.12. The maximum atomic E-state index is 11.1. The Kier molecular flexibility index (Phi) is 2.94. The third-order valence-corrected chi connectivity index (χ3v) is 3.90. The van der Waals surface area contributed by atoms with Crippen molar-refractivity contribution in [1.82, 2.24) is 4.57 Å². The lowest BCUT2D eigenvalue weighted by molar-refractivity contribution is 0.112. The van der Waals surface area contributed by atoms with Crippen LogP contribution in [0, 0.1) is 0 Å². The molecule has 90 valence electrons. The highest BCUT2D eigenvalue weighted by atomic mass is 35.5. The van der Waals surface area contributed by atoms with Gasteiger partial charge in [0, 0.05) is 28.7 Å². The molecule has 2 heterocycles. The zero-order valence-corrected chi connectivity index (χ0v) is 11.0. The van der Waals surface area contributed by atoms with Gasteiger partial charge in [-0.3, -0.25) is 4.79 Å². The fourth-order valence-electron chi connectivity index (χ4n) is 2.10. The first kappa shape index (κ1) is 11.5. The second kappa shape index (κ2) is 4.59. The predicted molar refractivity (Wildman–Crippen MR) is 75.8 cm³/mol. The first-order chi connectivity index (χ1) is 8.78. The van der Waals surface area contributed by atoms with Gasteiger partial charge in [0.05, 0.1) is 5.52 Å². The van der Waals surface area contributed by atoms with E-state index in [2.05, 4.69) is 21.4 Å². The van der Waals surface area contributed by atoms with Crippen LogP contribution in [0.25, 0.3) is 10.9 Å². The molecule has 0 radical (unpaired) electrons. The minimum absolute atomic E-state index is 0.685. The van der Waals surface area contributed by atoms with Gasteiger partial charge < -0.3 is 4.57 Å². The van der Waals surface area contributed by atoms with Gasteiger partial charge in [-0.1, -0.05) is 17.7 Å². The molecule has 2 nitrogen and oxygen atoms in total. The summed E-state index contributed by atoms with van der Waals surface area (Å²) in [6.07, 6.45) is 2.77. The highest BCUT2D eigenvalue weighted by Crippen LogP contribution is 2.25. The quantitative estimate of drug-likeness (QED) is 0.656. The number of benzene rings is 1. The van der Waals surface area contributed by atoms with Crippen molar-refractivity contribution in [2.45, 2.75) is 6.54 Å². The molecule has 0 atom stereocenters. The summed E-state index contributed by atoms with van der Waals surface area (Å²) in [4.78, 5) is 11.1. The molecule has 0 aliphatic carbocycles. The third-order valence-electron chi connectivity index (χ3n) is 2.94. The van der Waals surface area contributed by atoms with E-state index in [-0.39, 0.29) is 0 Å². The lowest BCUT2D eigenvalue weighted by Crippen LogP contribution is -1.96. The number of hydrogen-bond acceptors (Lipinski definition) is 2. The molecule has 3 rings (SSSR count). The Bertz CT molecular complexity index is 700. The van der Waals surface area contributed by atoms with Gasteiger partial charge in [-0.25, -0.2) is 0 Å². The number of halogens is 1. The number of fused-ring (bicyclic) bond motifs is 1. The molecule has 0 aliphatic heterocycles. The number of thiophene rings is 1. The minimum atomic E-state index is 0.685. The molecule has 0 unspecified atom stereocenters. The van der Waals surface area contributed by atoms with Crippen LogP contribution < -0.4 is 0 Å². The molecule has 4 heteroatoms. The Labute approximate surface area is 113 Å². The van der Waals surface area contributed by atoms with Crippen LogP contribution >= 0.6 is 22.9 Å². The minimum Gasteiger partial charge on any atom is -0.342 e. The topological polar surface area (TPSA) is 22.0 Å². The molecule has 0 spiro atoms. The Morgan fingerprint density at radius 3 is 2.94 bits per heavy atom. The summed E-state index contributed by atoms with van der Waals surface area (Å²) >= 11 is 7.70. The van der Waals surface area contributed by atoms with Crippen molar-refractivity contribution in [2.75, 3.05) is 0 Å². The Morgan fingerprint density at radius 1 is 1.33 bits per heavy atom. The fraction of sp³-hybridized carbons (Fsp3) is 0.0714. The van der Waals surface area contributed by atoms with Gasteiger partial charge in [-0.05, 0) is 34.5 Å². The van der Waals surface area contributed by atoms with Crippen molar-refractivity contribution in [1.29, 1.82) is 0 Å². The van der Waals surface area contributed by atoms with Gasteiger partial charge in [0.2, 0.25) is 0 Å². The summed E-state index contributed by atoms with van der Waals surface area (Å²) in [5.74, 6) is 0. The first-order valence-corrected chi connectivity index (χ1v) is 6.84. The van der Waals surface area contributed by atoms with Crippen LogP contribution in [0.2, 0.25) is 5.02 Å². The van der Waals surface area contributed by atoms with E-state index >= 15 is 0 Å². The van der Waals surface area contributed by atoms with E-state index in [1.165, 1.54) is 5.56 Å². The molecule has 1 aromatic carbocycles. The molecule has 0 bridgehead atoms. The molecular weight excluding hydrogens is 266 g/mol. The van der Waals surface area contributed by atoms with Crippen LogP contribution in [0.4, 0.5) is 0 Å². The summed E-state index contributed by atoms with van der Waals surface area (Å²) in [5.41, 5.74) is 2.93. The Balaban J connectivity index is 2.16. The molecule has 3 aromatic rings. The molecule has 2 aromatic heterocycles. The number of nitrogens with zero attached hydrogens (tertiary/aromatic N) is 1. The summed E-state index contributed by atoms with van der Waals surface area (Å²) in [5, 5.41) is 5.79. The van der Waals surface area contributed by atoms with Crippen LogP contribution in [0.5, 0.6) is 0 Å². The highest BCUT2D eigenvalue weighted by molar-refractivity contribution is 7.07. The van der Waals surface area contributed by atoms with E-state index in [0.717, 1.165) is 23.7 Å². The zero-order chi connectivity index (χ0) is 12.5. The zero-order valence-electron chi connectivity index (χ0n) is 9.47. The number of rotatable bonds is 3. The van der Waals surface area contributed by atoms with Gasteiger partial charge in [0.1, 0.15) is 0 Å². The average molecular weight is 276 g/mol. The smallest absolute Gasteiger partial charge is 0.152 e. The van der Waals surface area contributed by atoms with Gasteiger partial charge in [0.25, 0.3) is 0 Å². The van der Waals surface area contributed by atoms with Crippen LogP contribution in [-0.2, 0) is 6.54 Å². The van der Waals surface area contributed by atoms with Crippen molar-refractivity contribution in [3.63, 3.8) is 0 Å². The van der Waals surface area contributed by atoms with E-state index in [1.54, 1.807) is 11.3 Å². The number of aldehydes is 1. The lowest BCUT2D eigenvalue weighted by atomic mass is 10.2. The molecule has 0 fully saturated rings. The molecular formula is C14H10ClNOS. The Hall–Kier alpha value is -1.58. The van der Waals surface area contributed by atoms with E-state index in [0.29, 0.717) is 10.6 Å². The standard InChI is InChI=1S/C14H10ClNOS/c15-12-1-2-13-11(8-17)7-16(14(13)5-12)6-10-3-4-18-9-10/h1-5,7-9H,6H2. The van der Waals surface area contributed by atoms with Crippen LogP contribution in [0.15, 0.2) is 41.2 Å². The summed E-state index contributed by atoms with van der Waals surface area (Å²) in [6, 6.07) is 7.69. The largest absolute Gasteiger partial charge is 0.342 e. The molecule has 0 amide bonds. The van der Waals surface area contributed by atoms with Crippen molar-refractivity contribution in [2.24, 2.45) is 0 Å². The van der Waals surface area contributed by atoms with Gasteiger partial charge in [-0.15, -0.1) is 0 Å². The second-order valence-corrected chi connectivity index (χ2v) is 5.34. The molecule has 0 saturated carbocycles.